The standard InChI is InChI=1S/C22H20FN7OS/c1-29-9-6-14(21(29)31)13-3-4-16(23)15(11-13)18-12-32-20(25-18)17-5-8-24-22(26-17)27-19-7-10-30(2)28-19/h3-5,7-8,10-12,14H,6,9H2,1-2H3,(H,24,26,27,28). The zero-order chi connectivity index (χ0) is 22.2. The summed E-state index contributed by atoms with van der Waals surface area (Å²) in [6.07, 6.45) is 4.19. The lowest BCUT2D eigenvalue weighted by Crippen LogP contribution is -2.21. The highest BCUT2D eigenvalue weighted by molar-refractivity contribution is 7.13. The van der Waals surface area contributed by atoms with E-state index in [4.69, 9.17) is 0 Å². The number of likely N-dealkylation sites (tertiary alicyclic amines) is 1. The van der Waals surface area contributed by atoms with Gasteiger partial charge < -0.3 is 10.2 Å². The van der Waals surface area contributed by atoms with Gasteiger partial charge in [-0.2, -0.15) is 5.10 Å². The number of halogens is 1. The highest BCUT2D eigenvalue weighted by Crippen LogP contribution is 2.34. The van der Waals surface area contributed by atoms with Gasteiger partial charge in [-0.3, -0.25) is 9.48 Å². The van der Waals surface area contributed by atoms with Crippen molar-refractivity contribution in [3.8, 4) is 22.0 Å². The molecule has 0 spiro atoms. The lowest BCUT2D eigenvalue weighted by molar-refractivity contribution is -0.127. The van der Waals surface area contributed by atoms with E-state index in [0.717, 1.165) is 12.0 Å². The van der Waals surface area contributed by atoms with Gasteiger partial charge in [0.1, 0.15) is 16.5 Å². The summed E-state index contributed by atoms with van der Waals surface area (Å²) in [5.41, 5.74) is 2.34. The average Bonchev–Trinajstić information content (AvgIpc) is 3.51. The molecular weight excluding hydrogens is 429 g/mol. The monoisotopic (exact) mass is 449 g/mol. The second kappa shape index (κ2) is 8.12. The lowest BCUT2D eigenvalue weighted by Gasteiger charge is -2.12. The number of hydrogen-bond acceptors (Lipinski definition) is 7. The second-order valence-corrected chi connectivity index (χ2v) is 8.50. The first-order chi connectivity index (χ1) is 15.5. The third kappa shape index (κ3) is 3.84. The quantitative estimate of drug-likeness (QED) is 0.498. The van der Waals surface area contributed by atoms with Crippen LogP contribution in [-0.2, 0) is 11.8 Å². The van der Waals surface area contributed by atoms with Gasteiger partial charge >= 0.3 is 0 Å². The fraction of sp³-hybridized carbons (Fsp3) is 0.227. The molecule has 0 radical (unpaired) electrons. The van der Waals surface area contributed by atoms with Gasteiger partial charge in [0.2, 0.25) is 11.9 Å². The summed E-state index contributed by atoms with van der Waals surface area (Å²) in [4.78, 5) is 27.4. The number of likely N-dealkylation sites (N-methyl/N-ethyl adjacent to an activating group) is 1. The number of thiazole rings is 1. The second-order valence-electron chi connectivity index (χ2n) is 7.64. The van der Waals surface area contributed by atoms with Crippen molar-refractivity contribution in [1.82, 2.24) is 29.6 Å². The number of anilines is 2. The number of benzene rings is 1. The molecule has 0 saturated carbocycles. The van der Waals surface area contributed by atoms with Crippen LogP contribution in [0.15, 0.2) is 48.1 Å². The molecule has 1 aliphatic rings. The van der Waals surface area contributed by atoms with Crippen LogP contribution in [0, 0.1) is 5.82 Å². The van der Waals surface area contributed by atoms with Gasteiger partial charge in [-0.15, -0.1) is 11.3 Å². The Hall–Kier alpha value is -3.66. The highest BCUT2D eigenvalue weighted by atomic mass is 32.1. The van der Waals surface area contributed by atoms with Crippen LogP contribution in [0.3, 0.4) is 0 Å². The van der Waals surface area contributed by atoms with E-state index in [1.165, 1.54) is 17.4 Å². The first-order valence-electron chi connectivity index (χ1n) is 10.1. The normalized spacial score (nSPS) is 16.0. The Balaban J connectivity index is 1.42. The number of nitrogens with zero attached hydrogens (tertiary/aromatic N) is 6. The van der Waals surface area contributed by atoms with Crippen molar-refractivity contribution in [2.45, 2.75) is 12.3 Å². The van der Waals surface area contributed by atoms with Crippen molar-refractivity contribution in [3.05, 3.63) is 59.5 Å². The Morgan fingerprint density at radius 1 is 1.16 bits per heavy atom. The molecule has 1 aromatic carbocycles. The molecule has 10 heteroatoms. The molecule has 1 aliphatic heterocycles. The topological polar surface area (TPSA) is 88.8 Å². The van der Waals surface area contributed by atoms with Crippen LogP contribution >= 0.6 is 11.3 Å². The molecule has 4 aromatic rings. The Kier molecular flexibility index (Phi) is 5.14. The van der Waals surface area contributed by atoms with E-state index < -0.39 is 0 Å². The van der Waals surface area contributed by atoms with Crippen molar-refractivity contribution >= 4 is 29.0 Å². The van der Waals surface area contributed by atoms with Crippen LogP contribution in [0.1, 0.15) is 17.9 Å². The number of amides is 1. The van der Waals surface area contributed by atoms with Crippen LogP contribution in [0.25, 0.3) is 22.0 Å². The summed E-state index contributed by atoms with van der Waals surface area (Å²) in [7, 11) is 3.62. The third-order valence-corrected chi connectivity index (χ3v) is 6.29. The average molecular weight is 450 g/mol. The first kappa shape index (κ1) is 20.3. The van der Waals surface area contributed by atoms with Crippen molar-refractivity contribution in [3.63, 3.8) is 0 Å². The molecule has 8 nitrogen and oxygen atoms in total. The number of nitrogens with one attached hydrogen (secondary N) is 1. The summed E-state index contributed by atoms with van der Waals surface area (Å²) < 4.78 is 16.3. The van der Waals surface area contributed by atoms with Gasteiger partial charge in [-0.1, -0.05) is 6.07 Å². The van der Waals surface area contributed by atoms with Gasteiger partial charge in [0.15, 0.2) is 5.82 Å². The van der Waals surface area contributed by atoms with Crippen LogP contribution < -0.4 is 5.32 Å². The molecule has 32 heavy (non-hydrogen) atoms. The van der Waals surface area contributed by atoms with Gasteiger partial charge in [0, 0.05) is 50.0 Å². The van der Waals surface area contributed by atoms with Crippen molar-refractivity contribution in [2.24, 2.45) is 7.05 Å². The minimum absolute atomic E-state index is 0.0652. The predicted molar refractivity (Wildman–Crippen MR) is 120 cm³/mol. The lowest BCUT2D eigenvalue weighted by atomic mass is 9.95. The molecule has 4 heterocycles. The molecule has 3 aromatic heterocycles. The fourth-order valence-electron chi connectivity index (χ4n) is 3.74. The van der Waals surface area contributed by atoms with Crippen LogP contribution in [0.2, 0.25) is 0 Å². The molecule has 1 N–H and O–H groups in total. The Bertz CT molecular complexity index is 1300. The van der Waals surface area contributed by atoms with Gasteiger partial charge in [-0.05, 0) is 30.2 Å². The molecule has 1 atom stereocenters. The number of aromatic nitrogens is 5. The van der Waals surface area contributed by atoms with Crippen LogP contribution in [0.5, 0.6) is 0 Å². The summed E-state index contributed by atoms with van der Waals surface area (Å²) in [6.45, 7) is 0.708. The van der Waals surface area contributed by atoms with Crippen molar-refractivity contribution in [2.75, 3.05) is 18.9 Å². The summed E-state index contributed by atoms with van der Waals surface area (Å²) >= 11 is 1.37. The molecule has 162 valence electrons. The van der Waals surface area contributed by atoms with Crippen molar-refractivity contribution in [1.29, 1.82) is 0 Å². The van der Waals surface area contributed by atoms with E-state index in [0.29, 0.717) is 40.3 Å². The SMILES string of the molecule is CN1CCC(c2ccc(F)c(-c3csc(-c4ccnc(Nc5ccn(C)n5)n4)n3)c2)C1=O. The molecule has 1 saturated heterocycles. The third-order valence-electron chi connectivity index (χ3n) is 5.43. The molecule has 1 fully saturated rings. The zero-order valence-corrected chi connectivity index (χ0v) is 18.3. The fourth-order valence-corrected chi connectivity index (χ4v) is 4.53. The minimum Gasteiger partial charge on any atom is -0.345 e. The maximum absolute atomic E-state index is 14.7. The van der Waals surface area contributed by atoms with Gasteiger partial charge in [0.25, 0.3) is 0 Å². The number of carbonyl (C=O) groups is 1. The molecule has 1 unspecified atom stereocenters. The first-order valence-corrected chi connectivity index (χ1v) is 11.0. The maximum atomic E-state index is 14.7. The zero-order valence-electron chi connectivity index (χ0n) is 17.5. The van der Waals surface area contributed by atoms with Crippen molar-refractivity contribution < 1.29 is 9.18 Å². The van der Waals surface area contributed by atoms with Crippen LogP contribution in [-0.4, -0.2) is 49.1 Å². The van der Waals surface area contributed by atoms with Crippen LogP contribution in [0.4, 0.5) is 16.2 Å². The van der Waals surface area contributed by atoms with Gasteiger partial charge in [0.05, 0.1) is 11.6 Å². The number of rotatable bonds is 5. The highest BCUT2D eigenvalue weighted by Gasteiger charge is 2.31. The molecular formula is C22H20FN7OS. The summed E-state index contributed by atoms with van der Waals surface area (Å²) in [5.74, 6) is 0.491. The smallest absolute Gasteiger partial charge is 0.229 e. The van der Waals surface area contributed by atoms with E-state index in [1.54, 1.807) is 46.4 Å². The van der Waals surface area contributed by atoms with E-state index in [9.17, 15) is 9.18 Å². The largest absolute Gasteiger partial charge is 0.345 e. The number of aryl methyl sites for hydroxylation is 1. The molecule has 1 amide bonds. The molecule has 5 rings (SSSR count). The predicted octanol–water partition coefficient (Wildman–Crippen LogP) is 3.83. The molecule has 0 aliphatic carbocycles. The van der Waals surface area contributed by atoms with E-state index in [2.05, 4.69) is 25.4 Å². The minimum atomic E-state index is -0.371. The van der Waals surface area contributed by atoms with E-state index in [1.807, 2.05) is 19.3 Å². The molecule has 0 bridgehead atoms. The van der Waals surface area contributed by atoms with E-state index >= 15 is 0 Å². The number of hydrogen-bond donors (Lipinski definition) is 1. The summed E-state index contributed by atoms with van der Waals surface area (Å²) in [6, 6.07) is 8.42. The summed E-state index contributed by atoms with van der Waals surface area (Å²) in [5, 5.41) is 9.76. The Morgan fingerprint density at radius 3 is 2.78 bits per heavy atom. The van der Waals surface area contributed by atoms with Gasteiger partial charge in [-0.25, -0.2) is 19.3 Å². The van der Waals surface area contributed by atoms with E-state index in [-0.39, 0.29) is 17.6 Å². The Labute approximate surface area is 187 Å². The number of carbonyl (C=O) groups excluding carboxylic acids is 1. The Morgan fingerprint density at radius 2 is 2.03 bits per heavy atom. The maximum Gasteiger partial charge on any atom is 0.229 e.